The second-order valence-electron chi connectivity index (χ2n) is 7.37. The molecule has 6 nitrogen and oxygen atoms in total. The van der Waals surface area contributed by atoms with Crippen molar-refractivity contribution in [3.05, 3.63) is 53.7 Å². The van der Waals surface area contributed by atoms with Crippen molar-refractivity contribution in [2.75, 3.05) is 34.4 Å². The molecule has 3 aromatic rings. The van der Waals surface area contributed by atoms with Crippen molar-refractivity contribution in [2.45, 2.75) is 18.8 Å². The normalized spacial score (nSPS) is 16.7. The van der Waals surface area contributed by atoms with Gasteiger partial charge in [-0.1, -0.05) is 0 Å². The summed E-state index contributed by atoms with van der Waals surface area (Å²) in [5.74, 6) is 2.36. The Bertz CT molecular complexity index is 1000. The van der Waals surface area contributed by atoms with Crippen molar-refractivity contribution in [2.24, 2.45) is 0 Å². The largest absolute Gasteiger partial charge is 0.497 e. The number of methoxy groups -OCH3 is 3. The number of benzene rings is 2. The molecule has 1 N–H and O–H groups in total. The molecule has 1 unspecified atom stereocenters. The average molecular weight is 394 g/mol. The Morgan fingerprint density at radius 3 is 2.38 bits per heavy atom. The van der Waals surface area contributed by atoms with Gasteiger partial charge >= 0.3 is 0 Å². The molecule has 0 bridgehead atoms. The molecule has 152 valence electrons. The van der Waals surface area contributed by atoms with Gasteiger partial charge in [0.1, 0.15) is 17.2 Å². The first kappa shape index (κ1) is 19.2. The van der Waals surface area contributed by atoms with Gasteiger partial charge in [0.25, 0.3) is 5.91 Å². The molecule has 1 aromatic heterocycles. The monoisotopic (exact) mass is 394 g/mol. The first-order valence-electron chi connectivity index (χ1n) is 9.80. The van der Waals surface area contributed by atoms with Crippen molar-refractivity contribution in [3.8, 4) is 17.2 Å². The third kappa shape index (κ3) is 3.88. The summed E-state index contributed by atoms with van der Waals surface area (Å²) in [5, 5.41) is 1.13. The number of hydrogen-bond donors (Lipinski definition) is 1. The van der Waals surface area contributed by atoms with Gasteiger partial charge in [0, 0.05) is 47.2 Å². The van der Waals surface area contributed by atoms with Gasteiger partial charge in [-0.05, 0) is 49.2 Å². The number of rotatable bonds is 5. The van der Waals surface area contributed by atoms with Gasteiger partial charge in [0.05, 0.1) is 21.3 Å². The first-order valence-corrected chi connectivity index (χ1v) is 9.80. The molecule has 1 aliphatic rings. The van der Waals surface area contributed by atoms with Crippen molar-refractivity contribution in [3.63, 3.8) is 0 Å². The summed E-state index contributed by atoms with van der Waals surface area (Å²) < 4.78 is 15.9. The van der Waals surface area contributed by atoms with Crippen molar-refractivity contribution < 1.29 is 19.0 Å². The fourth-order valence-electron chi connectivity index (χ4n) is 4.01. The molecule has 6 heteroatoms. The van der Waals surface area contributed by atoms with Crippen LogP contribution in [0.2, 0.25) is 0 Å². The number of likely N-dealkylation sites (tertiary alicyclic amines) is 1. The topological polar surface area (TPSA) is 63.8 Å². The molecule has 0 aliphatic carbocycles. The number of hydrogen-bond acceptors (Lipinski definition) is 4. The fraction of sp³-hybridized carbons (Fsp3) is 0.348. The number of nitrogens with zero attached hydrogens (tertiary/aromatic N) is 1. The highest BCUT2D eigenvalue weighted by Gasteiger charge is 2.27. The maximum atomic E-state index is 13.2. The van der Waals surface area contributed by atoms with Crippen LogP contribution >= 0.6 is 0 Å². The van der Waals surface area contributed by atoms with Gasteiger partial charge < -0.3 is 24.1 Å². The second kappa shape index (κ2) is 8.07. The predicted molar refractivity (Wildman–Crippen MR) is 112 cm³/mol. The lowest BCUT2D eigenvalue weighted by atomic mass is 9.94. The highest BCUT2D eigenvalue weighted by atomic mass is 16.5. The molecule has 2 heterocycles. The van der Waals surface area contributed by atoms with Crippen LogP contribution in [0.3, 0.4) is 0 Å². The van der Waals surface area contributed by atoms with E-state index in [2.05, 4.69) is 11.1 Å². The molecule has 4 rings (SSSR count). The maximum absolute atomic E-state index is 13.2. The summed E-state index contributed by atoms with van der Waals surface area (Å²) >= 11 is 0. The van der Waals surface area contributed by atoms with Gasteiger partial charge in [-0.25, -0.2) is 0 Å². The van der Waals surface area contributed by atoms with Crippen molar-refractivity contribution >= 4 is 16.8 Å². The minimum Gasteiger partial charge on any atom is -0.497 e. The van der Waals surface area contributed by atoms with E-state index in [4.69, 9.17) is 14.2 Å². The lowest BCUT2D eigenvalue weighted by Crippen LogP contribution is -2.39. The lowest BCUT2D eigenvalue weighted by molar-refractivity contribution is 0.0705. The number of piperidine rings is 1. The summed E-state index contributed by atoms with van der Waals surface area (Å²) in [6.07, 6.45) is 2.02. The molecule has 1 amide bonds. The van der Waals surface area contributed by atoms with Crippen LogP contribution in [0.25, 0.3) is 10.9 Å². The maximum Gasteiger partial charge on any atom is 0.254 e. The third-order valence-electron chi connectivity index (χ3n) is 5.60. The Kier molecular flexibility index (Phi) is 5.34. The zero-order valence-electron chi connectivity index (χ0n) is 17.0. The van der Waals surface area contributed by atoms with E-state index < -0.39 is 0 Å². The summed E-state index contributed by atoms with van der Waals surface area (Å²) in [6.45, 7) is 1.44. The molecular weight excluding hydrogens is 368 g/mol. The van der Waals surface area contributed by atoms with Crippen LogP contribution in [-0.4, -0.2) is 50.2 Å². The van der Waals surface area contributed by atoms with Crippen LogP contribution < -0.4 is 14.2 Å². The second-order valence-corrected chi connectivity index (χ2v) is 7.37. The summed E-state index contributed by atoms with van der Waals surface area (Å²) in [4.78, 5) is 18.6. The summed E-state index contributed by atoms with van der Waals surface area (Å²) in [7, 11) is 4.85. The minimum absolute atomic E-state index is 0.00433. The molecule has 2 aromatic carbocycles. The molecule has 1 aliphatic heterocycles. The van der Waals surface area contributed by atoms with E-state index >= 15 is 0 Å². The third-order valence-corrected chi connectivity index (χ3v) is 5.60. The number of amides is 1. The fourth-order valence-corrected chi connectivity index (χ4v) is 4.01. The van der Waals surface area contributed by atoms with Crippen molar-refractivity contribution in [1.29, 1.82) is 0 Å². The molecule has 1 atom stereocenters. The highest BCUT2D eigenvalue weighted by Crippen LogP contribution is 2.32. The molecule has 0 radical (unpaired) electrons. The van der Waals surface area contributed by atoms with Crippen molar-refractivity contribution in [1.82, 2.24) is 9.88 Å². The first-order chi connectivity index (χ1) is 14.1. The van der Waals surface area contributed by atoms with E-state index in [1.54, 1.807) is 39.5 Å². The van der Waals surface area contributed by atoms with Gasteiger partial charge in [-0.2, -0.15) is 0 Å². The number of carbonyl (C=O) groups is 1. The Balaban J connectivity index is 1.56. The number of nitrogens with one attached hydrogen (secondary N) is 1. The number of ether oxygens (including phenoxy) is 3. The van der Waals surface area contributed by atoms with Crippen LogP contribution in [-0.2, 0) is 0 Å². The summed E-state index contributed by atoms with van der Waals surface area (Å²) in [6, 6.07) is 13.5. The minimum atomic E-state index is 0.00433. The Morgan fingerprint density at radius 2 is 1.69 bits per heavy atom. The van der Waals surface area contributed by atoms with E-state index in [9.17, 15) is 4.79 Å². The number of aromatic amines is 1. The van der Waals surface area contributed by atoms with Gasteiger partial charge in [-0.15, -0.1) is 0 Å². The number of aromatic nitrogens is 1. The van der Waals surface area contributed by atoms with Gasteiger partial charge in [0.15, 0.2) is 0 Å². The predicted octanol–water partition coefficient (Wildman–Crippen LogP) is 4.21. The molecule has 0 saturated carbocycles. The number of H-pyrrole nitrogens is 1. The van der Waals surface area contributed by atoms with E-state index in [1.165, 1.54) is 0 Å². The zero-order chi connectivity index (χ0) is 20.4. The standard InChI is InChI=1S/C23H26N2O4/c1-27-18-6-7-21-16(9-18)12-22(24-21)15-5-4-8-25(14-15)23(26)17-10-19(28-2)13-20(11-17)29-3/h6-7,9-13,15,24H,4-5,8,14H2,1-3H3. The average Bonchev–Trinajstić information content (AvgIpc) is 3.21. The molecule has 29 heavy (non-hydrogen) atoms. The Hall–Kier alpha value is -3.15. The smallest absolute Gasteiger partial charge is 0.254 e. The van der Waals surface area contributed by atoms with Crippen LogP contribution in [0.15, 0.2) is 42.5 Å². The van der Waals surface area contributed by atoms with Crippen LogP contribution in [0, 0.1) is 0 Å². The molecule has 1 saturated heterocycles. The van der Waals surface area contributed by atoms with Crippen LogP contribution in [0.1, 0.15) is 34.8 Å². The molecular formula is C23H26N2O4. The van der Waals surface area contributed by atoms with E-state index in [0.717, 1.165) is 41.7 Å². The van der Waals surface area contributed by atoms with E-state index in [1.807, 2.05) is 23.1 Å². The quantitative estimate of drug-likeness (QED) is 0.704. The Morgan fingerprint density at radius 1 is 0.966 bits per heavy atom. The number of fused-ring (bicyclic) bond motifs is 1. The van der Waals surface area contributed by atoms with Crippen LogP contribution in [0.5, 0.6) is 17.2 Å². The van der Waals surface area contributed by atoms with Gasteiger partial charge in [-0.3, -0.25) is 4.79 Å². The number of carbonyl (C=O) groups excluding carboxylic acids is 1. The Labute approximate surface area is 170 Å². The van der Waals surface area contributed by atoms with Gasteiger partial charge in [0.2, 0.25) is 0 Å². The van der Waals surface area contributed by atoms with E-state index in [-0.39, 0.29) is 11.8 Å². The molecule has 1 fully saturated rings. The highest BCUT2D eigenvalue weighted by molar-refractivity contribution is 5.95. The SMILES string of the molecule is COc1cc(OC)cc(C(=O)N2CCCC(c3cc4cc(OC)ccc4[nH]3)C2)c1. The summed E-state index contributed by atoms with van der Waals surface area (Å²) in [5.41, 5.74) is 2.83. The van der Waals surface area contributed by atoms with Crippen LogP contribution in [0.4, 0.5) is 0 Å². The molecule has 0 spiro atoms. The lowest BCUT2D eigenvalue weighted by Gasteiger charge is -2.32. The van der Waals surface area contributed by atoms with E-state index in [0.29, 0.717) is 23.6 Å². The zero-order valence-corrected chi connectivity index (χ0v) is 17.0.